The van der Waals surface area contributed by atoms with Crippen LogP contribution in [0.15, 0.2) is 29.1 Å². The fraction of sp³-hybridized carbons (Fsp3) is 0.267. The van der Waals surface area contributed by atoms with Crippen LogP contribution in [0.4, 0.5) is 0 Å². The average Bonchev–Trinajstić information content (AvgIpc) is 2.92. The van der Waals surface area contributed by atoms with E-state index in [0.29, 0.717) is 11.3 Å². The number of carbonyl (C=O) groups excluding carboxylic acids is 2. The first-order chi connectivity index (χ1) is 10.5. The van der Waals surface area contributed by atoms with Gasteiger partial charge < -0.3 is 19.4 Å². The highest BCUT2D eigenvalue weighted by Gasteiger charge is 2.18. The van der Waals surface area contributed by atoms with Gasteiger partial charge in [0.2, 0.25) is 5.78 Å². The molecule has 2 aromatic rings. The third kappa shape index (κ3) is 3.43. The molecule has 1 aromatic heterocycles. The van der Waals surface area contributed by atoms with E-state index in [1.54, 1.807) is 31.2 Å². The number of ether oxygens (including phenoxy) is 2. The van der Waals surface area contributed by atoms with Crippen molar-refractivity contribution >= 4 is 11.8 Å². The maximum Gasteiger partial charge on any atom is 0.323 e. The van der Waals surface area contributed by atoms with Crippen LogP contribution in [0.5, 0.6) is 5.75 Å². The minimum Gasteiger partial charge on any atom is -0.497 e. The van der Waals surface area contributed by atoms with E-state index >= 15 is 0 Å². The van der Waals surface area contributed by atoms with Gasteiger partial charge in [0.25, 0.3) is 0 Å². The molecule has 2 rings (SSSR count). The highest BCUT2D eigenvalue weighted by Crippen LogP contribution is 2.15. The number of imidazole rings is 1. The normalized spacial score (nSPS) is 10.3. The van der Waals surface area contributed by atoms with Crippen molar-refractivity contribution in [3.63, 3.8) is 0 Å². The standard InChI is InChI=1S/C15H16N2O5/c1-3-12(18)22-8-11-13(17-15(20)16-11)14(19)9-4-6-10(21-2)7-5-9/h4-7H,3,8H2,1-2H3,(H2,16,17,20). The van der Waals surface area contributed by atoms with Gasteiger partial charge in [-0.25, -0.2) is 4.79 Å². The molecule has 1 heterocycles. The third-order valence-electron chi connectivity index (χ3n) is 3.05. The fourth-order valence-corrected chi connectivity index (χ4v) is 1.86. The zero-order valence-electron chi connectivity index (χ0n) is 12.3. The van der Waals surface area contributed by atoms with Gasteiger partial charge in [0.15, 0.2) is 0 Å². The first kappa shape index (κ1) is 15.6. The van der Waals surface area contributed by atoms with Crippen LogP contribution in [0.3, 0.4) is 0 Å². The molecule has 0 atom stereocenters. The maximum absolute atomic E-state index is 12.4. The van der Waals surface area contributed by atoms with Crippen molar-refractivity contribution in [1.82, 2.24) is 9.97 Å². The van der Waals surface area contributed by atoms with Crippen LogP contribution in [0, 0.1) is 0 Å². The molecule has 0 aliphatic heterocycles. The highest BCUT2D eigenvalue weighted by atomic mass is 16.5. The van der Waals surface area contributed by atoms with Crippen molar-refractivity contribution < 1.29 is 19.1 Å². The fourth-order valence-electron chi connectivity index (χ4n) is 1.86. The Morgan fingerprint density at radius 3 is 2.41 bits per heavy atom. The van der Waals surface area contributed by atoms with Gasteiger partial charge >= 0.3 is 11.7 Å². The number of aromatic amines is 2. The number of aromatic nitrogens is 2. The molecule has 0 amide bonds. The van der Waals surface area contributed by atoms with E-state index in [9.17, 15) is 14.4 Å². The topological polar surface area (TPSA) is 101 Å². The minimum absolute atomic E-state index is 0.0825. The van der Waals surface area contributed by atoms with E-state index in [4.69, 9.17) is 9.47 Å². The van der Waals surface area contributed by atoms with E-state index in [2.05, 4.69) is 9.97 Å². The van der Waals surface area contributed by atoms with Gasteiger partial charge in [-0.15, -0.1) is 0 Å². The molecule has 0 bridgehead atoms. The highest BCUT2D eigenvalue weighted by molar-refractivity contribution is 6.08. The summed E-state index contributed by atoms with van der Waals surface area (Å²) in [5.41, 5.74) is 0.185. The van der Waals surface area contributed by atoms with Crippen molar-refractivity contribution in [1.29, 1.82) is 0 Å². The molecule has 1 aromatic carbocycles. The van der Waals surface area contributed by atoms with Crippen molar-refractivity contribution in [2.75, 3.05) is 7.11 Å². The molecular formula is C15H16N2O5. The summed E-state index contributed by atoms with van der Waals surface area (Å²) in [6, 6.07) is 6.48. The zero-order chi connectivity index (χ0) is 16.1. The number of methoxy groups -OCH3 is 1. The number of ketones is 1. The SMILES string of the molecule is CCC(=O)OCc1[nH]c(=O)[nH]c1C(=O)c1ccc(OC)cc1. The molecule has 22 heavy (non-hydrogen) atoms. The number of benzene rings is 1. The lowest BCUT2D eigenvalue weighted by molar-refractivity contribution is -0.144. The van der Waals surface area contributed by atoms with E-state index in [0.717, 1.165) is 0 Å². The second kappa shape index (κ2) is 6.75. The van der Waals surface area contributed by atoms with E-state index in [-0.39, 0.29) is 30.2 Å². The summed E-state index contributed by atoms with van der Waals surface area (Å²) in [5.74, 6) is -0.162. The minimum atomic E-state index is -0.528. The summed E-state index contributed by atoms with van der Waals surface area (Å²) in [6.07, 6.45) is 0.219. The Kier molecular flexibility index (Phi) is 4.77. The van der Waals surface area contributed by atoms with Gasteiger partial charge in [-0.05, 0) is 24.3 Å². The van der Waals surface area contributed by atoms with Gasteiger partial charge in [-0.2, -0.15) is 0 Å². The number of H-pyrrole nitrogens is 2. The first-order valence-corrected chi connectivity index (χ1v) is 6.70. The van der Waals surface area contributed by atoms with Gasteiger partial charge in [-0.3, -0.25) is 9.59 Å². The Hall–Kier alpha value is -2.83. The Morgan fingerprint density at radius 1 is 1.14 bits per heavy atom. The maximum atomic E-state index is 12.4. The monoisotopic (exact) mass is 304 g/mol. The van der Waals surface area contributed by atoms with Crippen molar-refractivity contribution in [2.24, 2.45) is 0 Å². The van der Waals surface area contributed by atoms with Gasteiger partial charge in [-0.1, -0.05) is 6.92 Å². The molecule has 0 spiro atoms. The quantitative estimate of drug-likeness (QED) is 0.620. The number of nitrogens with one attached hydrogen (secondary N) is 2. The first-order valence-electron chi connectivity index (χ1n) is 6.70. The van der Waals surface area contributed by atoms with Crippen LogP contribution in [0.2, 0.25) is 0 Å². The second-order valence-electron chi connectivity index (χ2n) is 4.50. The van der Waals surface area contributed by atoms with Crippen LogP contribution >= 0.6 is 0 Å². The largest absolute Gasteiger partial charge is 0.497 e. The zero-order valence-corrected chi connectivity index (χ0v) is 12.3. The van der Waals surface area contributed by atoms with Gasteiger partial charge in [0, 0.05) is 12.0 Å². The van der Waals surface area contributed by atoms with E-state index in [1.165, 1.54) is 7.11 Å². The van der Waals surface area contributed by atoms with Crippen LogP contribution in [0.1, 0.15) is 35.1 Å². The molecule has 7 nitrogen and oxygen atoms in total. The van der Waals surface area contributed by atoms with E-state index < -0.39 is 11.7 Å². The molecule has 0 radical (unpaired) electrons. The third-order valence-corrected chi connectivity index (χ3v) is 3.05. The lowest BCUT2D eigenvalue weighted by Gasteiger charge is -2.05. The summed E-state index contributed by atoms with van der Waals surface area (Å²) in [6.45, 7) is 1.49. The van der Waals surface area contributed by atoms with Crippen LogP contribution in [-0.2, 0) is 16.1 Å². The Balaban J connectivity index is 2.24. The number of esters is 1. The number of hydrogen-bond donors (Lipinski definition) is 2. The molecular weight excluding hydrogens is 288 g/mol. The van der Waals surface area contributed by atoms with Crippen molar-refractivity contribution in [3.05, 3.63) is 51.7 Å². The number of hydrogen-bond acceptors (Lipinski definition) is 5. The molecule has 0 fully saturated rings. The molecule has 116 valence electrons. The molecule has 2 N–H and O–H groups in total. The molecule has 0 aliphatic carbocycles. The molecule has 0 saturated heterocycles. The Bertz CT molecular complexity index is 727. The molecule has 0 saturated carbocycles. The van der Waals surface area contributed by atoms with Crippen LogP contribution < -0.4 is 10.4 Å². The van der Waals surface area contributed by atoms with Gasteiger partial charge in [0.1, 0.15) is 18.1 Å². The van der Waals surface area contributed by atoms with Crippen LogP contribution in [0.25, 0.3) is 0 Å². The predicted octanol–water partition coefficient (Wildman–Crippen LogP) is 1.40. The second-order valence-corrected chi connectivity index (χ2v) is 4.50. The molecule has 0 aliphatic rings. The predicted molar refractivity (Wildman–Crippen MR) is 77.9 cm³/mol. The summed E-state index contributed by atoms with van der Waals surface area (Å²) >= 11 is 0. The molecule has 0 unspecified atom stereocenters. The summed E-state index contributed by atoms with van der Waals surface area (Å²) < 4.78 is 9.98. The summed E-state index contributed by atoms with van der Waals surface area (Å²) in [7, 11) is 1.53. The Morgan fingerprint density at radius 2 is 1.82 bits per heavy atom. The van der Waals surface area contributed by atoms with E-state index in [1.807, 2.05) is 0 Å². The van der Waals surface area contributed by atoms with Crippen molar-refractivity contribution in [3.8, 4) is 5.75 Å². The lowest BCUT2D eigenvalue weighted by atomic mass is 10.1. The summed E-state index contributed by atoms with van der Waals surface area (Å²) in [4.78, 5) is 39.9. The average molecular weight is 304 g/mol. The van der Waals surface area contributed by atoms with Crippen LogP contribution in [-0.4, -0.2) is 28.8 Å². The smallest absolute Gasteiger partial charge is 0.323 e. The Labute approximate surface area is 126 Å². The molecule has 7 heteroatoms. The number of rotatable bonds is 6. The summed E-state index contributed by atoms with van der Waals surface area (Å²) in [5, 5.41) is 0. The lowest BCUT2D eigenvalue weighted by Crippen LogP contribution is -2.09. The number of carbonyl (C=O) groups is 2. The van der Waals surface area contributed by atoms with Gasteiger partial charge in [0.05, 0.1) is 12.8 Å². The van der Waals surface area contributed by atoms with Crippen molar-refractivity contribution in [2.45, 2.75) is 20.0 Å².